The van der Waals surface area contributed by atoms with Gasteiger partial charge in [-0.1, -0.05) is 12.1 Å². The first-order chi connectivity index (χ1) is 9.76. The maximum Gasteiger partial charge on any atom is 0.123 e. The van der Waals surface area contributed by atoms with Crippen molar-refractivity contribution in [2.75, 3.05) is 40.5 Å². The summed E-state index contributed by atoms with van der Waals surface area (Å²) in [6.07, 6.45) is 3.11. The summed E-state index contributed by atoms with van der Waals surface area (Å²) in [6.45, 7) is 3.04. The number of benzene rings is 1. The molecule has 0 amide bonds. The van der Waals surface area contributed by atoms with Crippen molar-refractivity contribution in [3.63, 3.8) is 0 Å². The summed E-state index contributed by atoms with van der Waals surface area (Å²) >= 11 is 0. The molecule has 1 aromatic carbocycles. The summed E-state index contributed by atoms with van der Waals surface area (Å²) in [6, 6.07) is 6.79. The zero-order valence-electron chi connectivity index (χ0n) is 12.5. The Kier molecular flexibility index (Phi) is 9.20. The van der Waals surface area contributed by atoms with Crippen molar-refractivity contribution in [1.29, 1.82) is 0 Å². The molecule has 0 bridgehead atoms. The van der Waals surface area contributed by atoms with Crippen molar-refractivity contribution >= 4 is 0 Å². The Hall–Kier alpha value is -0.970. The van der Waals surface area contributed by atoms with E-state index in [4.69, 9.17) is 9.47 Å². The molecule has 114 valence electrons. The fourth-order valence-electron chi connectivity index (χ4n) is 2.24. The van der Waals surface area contributed by atoms with E-state index in [9.17, 15) is 4.39 Å². The van der Waals surface area contributed by atoms with Crippen molar-refractivity contribution < 1.29 is 13.9 Å². The summed E-state index contributed by atoms with van der Waals surface area (Å²) in [4.78, 5) is 0. The van der Waals surface area contributed by atoms with Crippen LogP contribution in [0.25, 0.3) is 0 Å². The van der Waals surface area contributed by atoms with E-state index in [1.54, 1.807) is 7.11 Å². The second-order valence-electron chi connectivity index (χ2n) is 5.00. The lowest BCUT2D eigenvalue weighted by Crippen LogP contribution is -2.21. The van der Waals surface area contributed by atoms with Gasteiger partial charge in [-0.15, -0.1) is 0 Å². The number of hydrogen-bond donors (Lipinski definition) is 1. The highest BCUT2D eigenvalue weighted by molar-refractivity contribution is 5.16. The molecule has 0 fully saturated rings. The van der Waals surface area contributed by atoms with Crippen LogP contribution in [0.5, 0.6) is 0 Å². The summed E-state index contributed by atoms with van der Waals surface area (Å²) in [5.41, 5.74) is 1.19. The Labute approximate surface area is 121 Å². The zero-order valence-corrected chi connectivity index (χ0v) is 12.5. The standard InChI is InChI=1S/C16H26FNO2/c1-18-13-15(4-3-9-20-11-10-19-2)12-14-5-7-16(17)8-6-14/h5-8,15,18H,3-4,9-13H2,1-2H3. The van der Waals surface area contributed by atoms with Gasteiger partial charge in [0.1, 0.15) is 5.82 Å². The molecule has 0 aliphatic heterocycles. The minimum atomic E-state index is -0.176. The molecule has 1 rings (SSSR count). The molecular weight excluding hydrogens is 257 g/mol. The van der Waals surface area contributed by atoms with Gasteiger partial charge in [-0.2, -0.15) is 0 Å². The Morgan fingerprint density at radius 2 is 1.90 bits per heavy atom. The lowest BCUT2D eigenvalue weighted by atomic mass is 9.95. The molecule has 0 aliphatic rings. The van der Waals surface area contributed by atoms with E-state index < -0.39 is 0 Å². The van der Waals surface area contributed by atoms with Crippen LogP contribution in [0.15, 0.2) is 24.3 Å². The third-order valence-corrected chi connectivity index (χ3v) is 3.26. The van der Waals surface area contributed by atoms with E-state index in [0.717, 1.165) is 32.4 Å². The predicted octanol–water partition coefficient (Wildman–Crippen LogP) is 2.65. The van der Waals surface area contributed by atoms with Gasteiger partial charge < -0.3 is 14.8 Å². The molecular formula is C16H26FNO2. The Bertz CT molecular complexity index is 343. The predicted molar refractivity (Wildman–Crippen MR) is 79.4 cm³/mol. The summed E-state index contributed by atoms with van der Waals surface area (Å²) < 4.78 is 23.3. The number of rotatable bonds is 11. The monoisotopic (exact) mass is 283 g/mol. The largest absolute Gasteiger partial charge is 0.382 e. The SMILES string of the molecule is CNCC(CCCOCCOC)Cc1ccc(F)cc1. The molecule has 0 heterocycles. The van der Waals surface area contributed by atoms with E-state index in [-0.39, 0.29) is 5.82 Å². The van der Waals surface area contributed by atoms with Gasteiger partial charge in [0.05, 0.1) is 13.2 Å². The summed E-state index contributed by atoms with van der Waals surface area (Å²) in [5.74, 6) is 0.377. The maximum atomic E-state index is 12.9. The molecule has 0 saturated heterocycles. The molecule has 0 aromatic heterocycles. The van der Waals surface area contributed by atoms with Gasteiger partial charge in [-0.3, -0.25) is 0 Å². The van der Waals surface area contributed by atoms with Gasteiger partial charge in [0, 0.05) is 13.7 Å². The molecule has 1 aromatic rings. The molecule has 0 saturated carbocycles. The quantitative estimate of drug-likeness (QED) is 0.633. The third kappa shape index (κ3) is 7.58. The van der Waals surface area contributed by atoms with E-state index in [2.05, 4.69) is 5.32 Å². The highest BCUT2D eigenvalue weighted by Gasteiger charge is 2.09. The van der Waals surface area contributed by atoms with Crippen LogP contribution in [-0.2, 0) is 15.9 Å². The van der Waals surface area contributed by atoms with Crippen molar-refractivity contribution in [2.45, 2.75) is 19.3 Å². The van der Waals surface area contributed by atoms with E-state index >= 15 is 0 Å². The first-order valence-electron chi connectivity index (χ1n) is 7.22. The highest BCUT2D eigenvalue weighted by Crippen LogP contribution is 2.14. The molecule has 1 atom stereocenters. The molecule has 0 spiro atoms. The second-order valence-corrected chi connectivity index (χ2v) is 5.00. The number of ether oxygens (including phenoxy) is 2. The number of hydrogen-bond acceptors (Lipinski definition) is 3. The molecule has 20 heavy (non-hydrogen) atoms. The molecule has 4 heteroatoms. The Morgan fingerprint density at radius 1 is 1.15 bits per heavy atom. The minimum Gasteiger partial charge on any atom is -0.382 e. The topological polar surface area (TPSA) is 30.5 Å². The molecule has 0 aliphatic carbocycles. The number of methoxy groups -OCH3 is 1. The highest BCUT2D eigenvalue weighted by atomic mass is 19.1. The van der Waals surface area contributed by atoms with Gasteiger partial charge >= 0.3 is 0 Å². The van der Waals surface area contributed by atoms with Gasteiger partial charge in [0.2, 0.25) is 0 Å². The zero-order chi connectivity index (χ0) is 14.6. The van der Waals surface area contributed by atoms with Gasteiger partial charge in [-0.05, 0) is 56.5 Å². The third-order valence-electron chi connectivity index (χ3n) is 3.26. The van der Waals surface area contributed by atoms with Crippen LogP contribution in [0.4, 0.5) is 4.39 Å². The van der Waals surface area contributed by atoms with Crippen molar-refractivity contribution in [3.05, 3.63) is 35.6 Å². The van der Waals surface area contributed by atoms with Crippen LogP contribution in [0.3, 0.4) is 0 Å². The average Bonchev–Trinajstić information content (AvgIpc) is 2.45. The minimum absolute atomic E-state index is 0.176. The lowest BCUT2D eigenvalue weighted by molar-refractivity contribution is 0.0672. The average molecular weight is 283 g/mol. The number of halogens is 1. The van der Waals surface area contributed by atoms with Crippen LogP contribution in [-0.4, -0.2) is 40.5 Å². The molecule has 0 radical (unpaired) electrons. The summed E-state index contributed by atoms with van der Waals surface area (Å²) in [5, 5.41) is 3.23. The second kappa shape index (κ2) is 10.8. The molecule has 3 nitrogen and oxygen atoms in total. The van der Waals surface area contributed by atoms with Crippen molar-refractivity contribution in [3.8, 4) is 0 Å². The van der Waals surface area contributed by atoms with E-state index in [1.807, 2.05) is 19.2 Å². The fraction of sp³-hybridized carbons (Fsp3) is 0.625. The maximum absolute atomic E-state index is 12.9. The van der Waals surface area contributed by atoms with E-state index in [0.29, 0.717) is 19.1 Å². The van der Waals surface area contributed by atoms with Gasteiger partial charge in [0.15, 0.2) is 0 Å². The van der Waals surface area contributed by atoms with Crippen LogP contribution in [0.2, 0.25) is 0 Å². The Morgan fingerprint density at radius 3 is 2.55 bits per heavy atom. The van der Waals surface area contributed by atoms with Crippen LogP contribution in [0.1, 0.15) is 18.4 Å². The van der Waals surface area contributed by atoms with Gasteiger partial charge in [-0.25, -0.2) is 4.39 Å². The normalized spacial score (nSPS) is 12.6. The van der Waals surface area contributed by atoms with Crippen molar-refractivity contribution in [2.24, 2.45) is 5.92 Å². The van der Waals surface area contributed by atoms with Crippen LogP contribution < -0.4 is 5.32 Å². The first kappa shape index (κ1) is 17.1. The first-order valence-corrected chi connectivity index (χ1v) is 7.22. The smallest absolute Gasteiger partial charge is 0.123 e. The fourth-order valence-corrected chi connectivity index (χ4v) is 2.24. The van der Waals surface area contributed by atoms with Gasteiger partial charge in [0.25, 0.3) is 0 Å². The van der Waals surface area contributed by atoms with Crippen molar-refractivity contribution in [1.82, 2.24) is 5.32 Å². The lowest BCUT2D eigenvalue weighted by Gasteiger charge is -2.16. The van der Waals surface area contributed by atoms with Crippen LogP contribution in [0, 0.1) is 11.7 Å². The Balaban J connectivity index is 2.27. The summed E-state index contributed by atoms with van der Waals surface area (Å²) in [7, 11) is 3.64. The molecule has 1 N–H and O–H groups in total. The molecule has 1 unspecified atom stereocenters. The number of nitrogens with one attached hydrogen (secondary N) is 1. The van der Waals surface area contributed by atoms with E-state index in [1.165, 1.54) is 17.7 Å². The van der Waals surface area contributed by atoms with Crippen LogP contribution >= 0.6 is 0 Å².